The van der Waals surface area contributed by atoms with Gasteiger partial charge in [0.2, 0.25) is 0 Å². The van der Waals surface area contributed by atoms with Gasteiger partial charge >= 0.3 is 5.97 Å². The fourth-order valence-corrected chi connectivity index (χ4v) is 2.43. The molecule has 0 spiro atoms. The van der Waals surface area contributed by atoms with E-state index in [-0.39, 0.29) is 5.56 Å². The number of nitrogens with zero attached hydrogens (tertiary/aromatic N) is 3. The molecule has 0 aliphatic carbocycles. The summed E-state index contributed by atoms with van der Waals surface area (Å²) in [5.41, 5.74) is 1.75. The molecule has 1 aliphatic rings. The maximum atomic E-state index is 11.0. The third-order valence-electron chi connectivity index (χ3n) is 3.45. The van der Waals surface area contributed by atoms with E-state index >= 15 is 0 Å². The minimum Gasteiger partial charge on any atom is -0.478 e. The average Bonchev–Trinajstić information content (AvgIpc) is 2.82. The molecule has 100 valence electrons. The molecule has 1 N–H and O–H groups in total. The topological polar surface area (TPSA) is 77.2 Å². The number of fused-ring (bicyclic) bond motifs is 1. The number of hydrogen-bond acceptors (Lipinski definition) is 4. The third-order valence-corrected chi connectivity index (χ3v) is 3.45. The minimum absolute atomic E-state index is 0.260. The van der Waals surface area contributed by atoms with Crippen molar-refractivity contribution < 1.29 is 14.6 Å². The molecular formula is C13H15N3O3. The summed E-state index contributed by atoms with van der Waals surface area (Å²) in [4.78, 5) is 11.0. The number of carbonyl (C=O) groups is 1. The predicted molar refractivity (Wildman–Crippen MR) is 68.0 cm³/mol. The highest BCUT2D eigenvalue weighted by Crippen LogP contribution is 2.19. The van der Waals surface area contributed by atoms with Gasteiger partial charge in [-0.25, -0.2) is 9.48 Å². The van der Waals surface area contributed by atoms with Crippen molar-refractivity contribution in [2.75, 3.05) is 13.2 Å². The largest absolute Gasteiger partial charge is 0.478 e. The van der Waals surface area contributed by atoms with Crippen LogP contribution in [0.3, 0.4) is 0 Å². The van der Waals surface area contributed by atoms with E-state index in [9.17, 15) is 4.79 Å². The molecule has 1 aliphatic heterocycles. The molecule has 1 aromatic carbocycles. The van der Waals surface area contributed by atoms with Crippen LogP contribution in [0.5, 0.6) is 0 Å². The molecule has 6 heteroatoms. The van der Waals surface area contributed by atoms with Crippen LogP contribution < -0.4 is 0 Å². The van der Waals surface area contributed by atoms with E-state index in [0.29, 0.717) is 5.92 Å². The molecule has 1 aromatic heterocycles. The highest BCUT2D eigenvalue weighted by Gasteiger charge is 2.17. The monoisotopic (exact) mass is 261 g/mol. The lowest BCUT2D eigenvalue weighted by molar-refractivity contribution is 0.0473. The van der Waals surface area contributed by atoms with Crippen LogP contribution in [0.15, 0.2) is 18.2 Å². The Morgan fingerprint density at radius 3 is 3.16 bits per heavy atom. The first kappa shape index (κ1) is 12.1. The van der Waals surface area contributed by atoms with Gasteiger partial charge in [0.1, 0.15) is 5.52 Å². The molecule has 1 fully saturated rings. The van der Waals surface area contributed by atoms with Crippen molar-refractivity contribution in [1.82, 2.24) is 15.0 Å². The molecule has 0 amide bonds. The number of hydrogen-bond donors (Lipinski definition) is 1. The van der Waals surface area contributed by atoms with Gasteiger partial charge in [-0.15, -0.1) is 5.10 Å². The lowest BCUT2D eigenvalue weighted by atomic mass is 10.0. The van der Waals surface area contributed by atoms with Crippen molar-refractivity contribution in [3.8, 4) is 0 Å². The van der Waals surface area contributed by atoms with Crippen molar-refractivity contribution in [2.45, 2.75) is 19.4 Å². The standard InChI is InChI=1S/C13H15N3O3/c17-13(18)10-3-4-11-12(6-10)16(15-14-11)7-9-2-1-5-19-8-9/h3-4,6,9H,1-2,5,7-8H2,(H,17,18). The molecule has 1 saturated heterocycles. The van der Waals surface area contributed by atoms with Crippen molar-refractivity contribution >= 4 is 17.0 Å². The summed E-state index contributed by atoms with van der Waals surface area (Å²) in [5, 5.41) is 17.2. The summed E-state index contributed by atoms with van der Waals surface area (Å²) in [7, 11) is 0. The fraction of sp³-hybridized carbons (Fsp3) is 0.462. The zero-order valence-corrected chi connectivity index (χ0v) is 10.5. The van der Waals surface area contributed by atoms with E-state index in [2.05, 4.69) is 10.3 Å². The first-order chi connectivity index (χ1) is 9.24. The van der Waals surface area contributed by atoms with Gasteiger partial charge in [-0.3, -0.25) is 0 Å². The third kappa shape index (κ3) is 2.44. The quantitative estimate of drug-likeness (QED) is 0.907. The Kier molecular flexibility index (Phi) is 3.16. The lowest BCUT2D eigenvalue weighted by Gasteiger charge is -2.21. The summed E-state index contributed by atoms with van der Waals surface area (Å²) >= 11 is 0. The fourth-order valence-electron chi connectivity index (χ4n) is 2.43. The molecule has 2 heterocycles. The van der Waals surface area contributed by atoms with Crippen LogP contribution in [0, 0.1) is 5.92 Å². The molecule has 0 radical (unpaired) electrons. The van der Waals surface area contributed by atoms with Crippen molar-refractivity contribution in [2.24, 2.45) is 5.92 Å². The molecule has 3 rings (SSSR count). The van der Waals surface area contributed by atoms with Crippen LogP contribution in [0.25, 0.3) is 11.0 Å². The Morgan fingerprint density at radius 1 is 1.53 bits per heavy atom. The minimum atomic E-state index is -0.935. The molecule has 6 nitrogen and oxygen atoms in total. The van der Waals surface area contributed by atoms with Gasteiger partial charge in [0.15, 0.2) is 0 Å². The summed E-state index contributed by atoms with van der Waals surface area (Å²) in [5.74, 6) is -0.511. The second-order valence-corrected chi connectivity index (χ2v) is 4.86. The van der Waals surface area contributed by atoms with Gasteiger partial charge in [-0.2, -0.15) is 0 Å². The van der Waals surface area contributed by atoms with E-state index < -0.39 is 5.97 Å². The van der Waals surface area contributed by atoms with Gasteiger partial charge in [-0.1, -0.05) is 5.21 Å². The van der Waals surface area contributed by atoms with Crippen LogP contribution in [0.4, 0.5) is 0 Å². The summed E-state index contributed by atoms with van der Waals surface area (Å²) in [6.07, 6.45) is 2.18. The Morgan fingerprint density at radius 2 is 2.42 bits per heavy atom. The van der Waals surface area contributed by atoms with Crippen LogP contribution in [-0.4, -0.2) is 39.3 Å². The number of benzene rings is 1. The smallest absolute Gasteiger partial charge is 0.335 e. The number of rotatable bonds is 3. The second-order valence-electron chi connectivity index (χ2n) is 4.86. The number of carboxylic acids is 1. The number of aromatic nitrogens is 3. The summed E-state index contributed by atoms with van der Waals surface area (Å²) in [6, 6.07) is 4.87. The van der Waals surface area contributed by atoms with Crippen LogP contribution >= 0.6 is 0 Å². The van der Waals surface area contributed by atoms with Gasteiger partial charge in [0.25, 0.3) is 0 Å². The highest BCUT2D eigenvalue weighted by molar-refractivity contribution is 5.92. The van der Waals surface area contributed by atoms with Gasteiger partial charge in [0.05, 0.1) is 17.7 Å². The van der Waals surface area contributed by atoms with Crippen LogP contribution in [0.1, 0.15) is 23.2 Å². The van der Waals surface area contributed by atoms with Gasteiger partial charge < -0.3 is 9.84 Å². The number of carboxylic acid groups (broad SMARTS) is 1. The number of aromatic carboxylic acids is 1. The molecule has 2 aromatic rings. The van der Waals surface area contributed by atoms with E-state index in [1.807, 2.05) is 0 Å². The molecule has 0 saturated carbocycles. The molecular weight excluding hydrogens is 246 g/mol. The first-order valence-corrected chi connectivity index (χ1v) is 6.38. The highest BCUT2D eigenvalue weighted by atomic mass is 16.5. The molecule has 1 unspecified atom stereocenters. The van der Waals surface area contributed by atoms with Crippen molar-refractivity contribution in [3.05, 3.63) is 23.8 Å². The van der Waals surface area contributed by atoms with Gasteiger partial charge in [0, 0.05) is 19.1 Å². The van der Waals surface area contributed by atoms with E-state index in [1.54, 1.807) is 22.9 Å². The zero-order chi connectivity index (χ0) is 13.2. The Balaban J connectivity index is 1.89. The lowest BCUT2D eigenvalue weighted by Crippen LogP contribution is -2.22. The van der Waals surface area contributed by atoms with Crippen molar-refractivity contribution in [1.29, 1.82) is 0 Å². The van der Waals surface area contributed by atoms with Gasteiger partial charge in [-0.05, 0) is 31.0 Å². The van der Waals surface area contributed by atoms with Crippen LogP contribution in [-0.2, 0) is 11.3 Å². The second kappa shape index (κ2) is 4.97. The Hall–Kier alpha value is -1.95. The normalized spacial score (nSPS) is 19.7. The number of ether oxygens (including phenoxy) is 1. The molecule has 0 bridgehead atoms. The molecule has 1 atom stereocenters. The zero-order valence-electron chi connectivity index (χ0n) is 10.5. The Labute approximate surface area is 110 Å². The molecule has 19 heavy (non-hydrogen) atoms. The Bertz CT molecular complexity index is 602. The van der Waals surface area contributed by atoms with Crippen molar-refractivity contribution in [3.63, 3.8) is 0 Å². The maximum Gasteiger partial charge on any atom is 0.335 e. The predicted octanol–water partition coefficient (Wildman–Crippen LogP) is 1.56. The first-order valence-electron chi connectivity index (χ1n) is 6.38. The van der Waals surface area contributed by atoms with E-state index in [0.717, 1.165) is 43.6 Å². The van der Waals surface area contributed by atoms with Crippen LogP contribution in [0.2, 0.25) is 0 Å². The SMILES string of the molecule is O=C(O)c1ccc2nnn(CC3CCCOC3)c2c1. The van der Waals surface area contributed by atoms with E-state index in [1.165, 1.54) is 0 Å². The van der Waals surface area contributed by atoms with E-state index in [4.69, 9.17) is 9.84 Å². The maximum absolute atomic E-state index is 11.0. The summed E-state index contributed by atoms with van der Waals surface area (Å²) < 4.78 is 7.23. The average molecular weight is 261 g/mol. The summed E-state index contributed by atoms with van der Waals surface area (Å²) in [6.45, 7) is 2.29.